The van der Waals surface area contributed by atoms with Crippen LogP contribution in [0.1, 0.15) is 53.0 Å². The van der Waals surface area contributed by atoms with Crippen molar-refractivity contribution in [3.8, 4) is 0 Å². The van der Waals surface area contributed by atoms with Gasteiger partial charge >= 0.3 is 5.97 Å². The number of rotatable bonds is 5. The van der Waals surface area contributed by atoms with E-state index in [1.165, 1.54) is 0 Å². The van der Waals surface area contributed by atoms with Crippen LogP contribution in [0.15, 0.2) is 30.5 Å². The van der Waals surface area contributed by atoms with Crippen LogP contribution in [0.5, 0.6) is 0 Å². The summed E-state index contributed by atoms with van der Waals surface area (Å²) in [6.45, 7) is 8.04. The first-order valence-electron chi connectivity index (χ1n) is 9.73. The second kappa shape index (κ2) is 7.57. The van der Waals surface area contributed by atoms with E-state index in [4.69, 9.17) is 21.6 Å². The largest absolute Gasteiger partial charge is 0.476 e. The Morgan fingerprint density at radius 1 is 1.23 bits per heavy atom. The van der Waals surface area contributed by atoms with E-state index in [1.807, 2.05) is 31.4 Å². The van der Waals surface area contributed by atoms with Crippen LogP contribution in [0.25, 0.3) is 16.6 Å². The predicted octanol–water partition coefficient (Wildman–Crippen LogP) is 4.98. The number of hydrogen-bond donors (Lipinski definition) is 2. The van der Waals surface area contributed by atoms with E-state index in [0.29, 0.717) is 5.69 Å². The summed E-state index contributed by atoms with van der Waals surface area (Å²) in [6, 6.07) is 7.15. The molecule has 4 rings (SSSR count). The Hall–Kier alpha value is -3.19. The van der Waals surface area contributed by atoms with Crippen LogP contribution in [0.3, 0.4) is 0 Å². The van der Waals surface area contributed by atoms with Crippen molar-refractivity contribution in [1.82, 2.24) is 19.4 Å². The van der Waals surface area contributed by atoms with Crippen molar-refractivity contribution in [3.05, 3.63) is 64.0 Å². The maximum atomic E-state index is 11.6. The van der Waals surface area contributed by atoms with Crippen molar-refractivity contribution in [3.63, 3.8) is 0 Å². The summed E-state index contributed by atoms with van der Waals surface area (Å²) < 4.78 is 2.05. The lowest BCUT2D eigenvalue weighted by Gasteiger charge is -2.20. The molecule has 0 saturated heterocycles. The maximum absolute atomic E-state index is 11.6. The van der Waals surface area contributed by atoms with Crippen molar-refractivity contribution >= 4 is 39.8 Å². The van der Waals surface area contributed by atoms with Crippen molar-refractivity contribution < 1.29 is 9.90 Å². The lowest BCUT2D eigenvalue weighted by molar-refractivity contribution is 0.0691. The molecule has 0 radical (unpaired) electrons. The third kappa shape index (κ3) is 3.45. The van der Waals surface area contributed by atoms with Crippen LogP contribution >= 0.6 is 11.6 Å². The summed E-state index contributed by atoms with van der Waals surface area (Å²) in [5.74, 6) is -0.211. The molecular formula is C22H22ClN5O2. The molecule has 4 aromatic rings. The van der Waals surface area contributed by atoms with E-state index >= 15 is 0 Å². The number of aromatic nitrogens is 4. The number of aromatic carboxylic acids is 1. The summed E-state index contributed by atoms with van der Waals surface area (Å²) in [6.07, 6.45) is 2.77. The van der Waals surface area contributed by atoms with Gasteiger partial charge in [0.15, 0.2) is 5.69 Å². The van der Waals surface area contributed by atoms with E-state index in [-0.39, 0.29) is 16.9 Å². The molecule has 154 valence electrons. The maximum Gasteiger partial charge on any atom is 0.356 e. The first kappa shape index (κ1) is 20.1. The van der Waals surface area contributed by atoms with Gasteiger partial charge in [0, 0.05) is 23.6 Å². The number of halogens is 1. The van der Waals surface area contributed by atoms with Gasteiger partial charge in [0.25, 0.3) is 0 Å². The summed E-state index contributed by atoms with van der Waals surface area (Å²) in [5.41, 5.74) is 5.01. The van der Waals surface area contributed by atoms with Gasteiger partial charge in [-0.2, -0.15) is 0 Å². The molecule has 0 bridgehead atoms. The Balaban J connectivity index is 1.88. The molecule has 0 unspecified atom stereocenters. The van der Waals surface area contributed by atoms with E-state index in [1.54, 1.807) is 12.1 Å². The number of fused-ring (bicyclic) bond motifs is 3. The van der Waals surface area contributed by atoms with Crippen LogP contribution < -0.4 is 5.32 Å². The zero-order chi connectivity index (χ0) is 21.6. The highest BCUT2D eigenvalue weighted by Gasteiger charge is 2.19. The molecule has 3 heterocycles. The number of hydrogen-bond acceptors (Lipinski definition) is 5. The normalized spacial score (nSPS) is 12.4. The lowest BCUT2D eigenvalue weighted by atomic mass is 10.0. The number of carboxylic acids is 1. The molecule has 1 atom stereocenters. The highest BCUT2D eigenvalue weighted by molar-refractivity contribution is 6.29. The standard InChI is InChI=1S/C22H22ClN5O2/c1-5-18-27-19-14(8-11(2)9-15(19)21-24-12(3)10-28(18)21)13(4)25-16-6-7-17(23)26-20(16)22(29)30/h6-10,13,25H,5H2,1-4H3,(H,29,30)/t13-/m1/s1. The number of nitrogens with one attached hydrogen (secondary N) is 1. The number of carboxylic acid groups (broad SMARTS) is 1. The molecule has 7 nitrogen and oxygen atoms in total. The fourth-order valence-corrected chi connectivity index (χ4v) is 3.92. The van der Waals surface area contributed by atoms with Gasteiger partial charge in [0.05, 0.1) is 22.9 Å². The summed E-state index contributed by atoms with van der Waals surface area (Å²) in [7, 11) is 0. The second-order valence-corrected chi connectivity index (χ2v) is 7.80. The number of nitrogens with zero attached hydrogens (tertiary/aromatic N) is 4. The number of anilines is 1. The lowest BCUT2D eigenvalue weighted by Crippen LogP contribution is -2.13. The molecule has 2 N–H and O–H groups in total. The van der Waals surface area contributed by atoms with E-state index in [0.717, 1.165) is 45.6 Å². The molecule has 0 aliphatic heterocycles. The molecule has 0 fully saturated rings. The molecule has 1 aromatic carbocycles. The molecule has 30 heavy (non-hydrogen) atoms. The van der Waals surface area contributed by atoms with Gasteiger partial charge in [0.1, 0.15) is 16.6 Å². The molecule has 0 saturated carbocycles. The van der Waals surface area contributed by atoms with Gasteiger partial charge in [-0.05, 0) is 44.5 Å². The molecule has 0 amide bonds. The Labute approximate surface area is 178 Å². The molecule has 0 aliphatic rings. The number of carbonyl (C=O) groups is 1. The minimum atomic E-state index is -1.14. The Bertz CT molecular complexity index is 1300. The zero-order valence-electron chi connectivity index (χ0n) is 17.2. The fraction of sp³-hybridized carbons (Fsp3) is 0.273. The molecule has 0 spiro atoms. The minimum absolute atomic E-state index is 0.111. The molecular weight excluding hydrogens is 402 g/mol. The second-order valence-electron chi connectivity index (χ2n) is 7.41. The molecule has 8 heteroatoms. The van der Waals surface area contributed by atoms with Gasteiger partial charge < -0.3 is 10.4 Å². The fourth-order valence-electron chi connectivity index (χ4n) is 3.77. The van der Waals surface area contributed by atoms with E-state index < -0.39 is 5.97 Å². The number of benzene rings is 1. The quantitative estimate of drug-likeness (QED) is 0.440. The number of aryl methyl sites for hydroxylation is 3. The zero-order valence-corrected chi connectivity index (χ0v) is 17.9. The minimum Gasteiger partial charge on any atom is -0.476 e. The van der Waals surface area contributed by atoms with Crippen LogP contribution in [0, 0.1) is 13.8 Å². The monoisotopic (exact) mass is 423 g/mol. The van der Waals surface area contributed by atoms with Crippen LogP contribution in [0.4, 0.5) is 5.69 Å². The first-order chi connectivity index (χ1) is 14.3. The SMILES string of the molecule is CCc1nc2c([C@@H](C)Nc3ccc(Cl)nc3C(=O)O)cc(C)cc2c2nc(C)cn12. The van der Waals surface area contributed by atoms with Crippen molar-refractivity contribution in [2.24, 2.45) is 0 Å². The predicted molar refractivity (Wildman–Crippen MR) is 118 cm³/mol. The summed E-state index contributed by atoms with van der Waals surface area (Å²) >= 11 is 5.88. The van der Waals surface area contributed by atoms with Gasteiger partial charge in [-0.3, -0.25) is 4.40 Å². The Morgan fingerprint density at radius 2 is 2.00 bits per heavy atom. The number of pyridine rings is 1. The van der Waals surface area contributed by atoms with Crippen LogP contribution in [-0.4, -0.2) is 30.4 Å². The highest BCUT2D eigenvalue weighted by atomic mass is 35.5. The van der Waals surface area contributed by atoms with Gasteiger partial charge in [-0.15, -0.1) is 0 Å². The average Bonchev–Trinajstić information content (AvgIpc) is 3.09. The Kier molecular flexibility index (Phi) is 5.07. The van der Waals surface area contributed by atoms with Crippen molar-refractivity contribution in [1.29, 1.82) is 0 Å². The van der Waals surface area contributed by atoms with Gasteiger partial charge in [-0.1, -0.05) is 24.6 Å². The van der Waals surface area contributed by atoms with Crippen molar-refractivity contribution in [2.75, 3.05) is 5.32 Å². The number of imidazole rings is 1. The highest BCUT2D eigenvalue weighted by Crippen LogP contribution is 2.31. The molecule has 3 aromatic heterocycles. The van der Waals surface area contributed by atoms with Crippen molar-refractivity contribution in [2.45, 2.75) is 40.2 Å². The van der Waals surface area contributed by atoms with Gasteiger partial charge in [-0.25, -0.2) is 19.7 Å². The Morgan fingerprint density at radius 3 is 2.70 bits per heavy atom. The van der Waals surface area contributed by atoms with E-state index in [2.05, 4.69) is 29.4 Å². The summed E-state index contributed by atoms with van der Waals surface area (Å²) in [4.78, 5) is 25.2. The smallest absolute Gasteiger partial charge is 0.356 e. The topological polar surface area (TPSA) is 92.4 Å². The third-order valence-corrected chi connectivity index (χ3v) is 5.30. The first-order valence-corrected chi connectivity index (χ1v) is 10.1. The summed E-state index contributed by atoms with van der Waals surface area (Å²) in [5, 5.41) is 13.9. The third-order valence-electron chi connectivity index (χ3n) is 5.09. The van der Waals surface area contributed by atoms with Crippen LogP contribution in [-0.2, 0) is 6.42 Å². The van der Waals surface area contributed by atoms with Crippen LogP contribution in [0.2, 0.25) is 5.15 Å². The average molecular weight is 424 g/mol. The van der Waals surface area contributed by atoms with E-state index in [9.17, 15) is 9.90 Å². The molecule has 0 aliphatic carbocycles. The van der Waals surface area contributed by atoms with Gasteiger partial charge in [0.2, 0.25) is 0 Å².